The summed E-state index contributed by atoms with van der Waals surface area (Å²) in [5, 5.41) is 4.65. The van der Waals surface area contributed by atoms with Crippen LogP contribution in [-0.2, 0) is 12.0 Å². The van der Waals surface area contributed by atoms with Crippen molar-refractivity contribution in [2.24, 2.45) is 0 Å². The van der Waals surface area contributed by atoms with Gasteiger partial charge in [-0.15, -0.1) is 11.3 Å². The largest absolute Gasteiger partial charge is 0.312 e. The van der Waals surface area contributed by atoms with Crippen molar-refractivity contribution in [3.63, 3.8) is 0 Å². The maximum absolute atomic E-state index is 4.66. The van der Waals surface area contributed by atoms with Crippen molar-refractivity contribution in [3.8, 4) is 0 Å². The molecule has 1 aliphatic carbocycles. The molecule has 3 heteroatoms. The fourth-order valence-corrected chi connectivity index (χ4v) is 3.52. The van der Waals surface area contributed by atoms with E-state index in [2.05, 4.69) is 47.6 Å². The van der Waals surface area contributed by atoms with Crippen LogP contribution in [0.5, 0.6) is 0 Å². The summed E-state index contributed by atoms with van der Waals surface area (Å²) in [4.78, 5) is 6.00. The molecule has 0 saturated heterocycles. The average molecular weight is 258 g/mol. The third-order valence-electron chi connectivity index (χ3n) is 3.59. The molecular weight excluding hydrogens is 240 g/mol. The average Bonchev–Trinajstić information content (AvgIpc) is 3.10. The van der Waals surface area contributed by atoms with E-state index in [-0.39, 0.29) is 5.41 Å². The molecule has 2 aromatic rings. The molecule has 0 bridgehead atoms. The molecule has 3 rings (SSSR count). The zero-order valence-electron chi connectivity index (χ0n) is 10.6. The highest BCUT2D eigenvalue weighted by molar-refractivity contribution is 7.11. The van der Waals surface area contributed by atoms with Gasteiger partial charge in [-0.3, -0.25) is 0 Å². The highest BCUT2D eigenvalue weighted by atomic mass is 32.1. The first kappa shape index (κ1) is 11.9. The van der Waals surface area contributed by atoms with Crippen molar-refractivity contribution in [2.75, 3.05) is 6.54 Å². The Morgan fingerprint density at radius 3 is 2.72 bits per heavy atom. The minimum atomic E-state index is 0.233. The summed E-state index contributed by atoms with van der Waals surface area (Å²) in [6, 6.07) is 10.8. The SMILES string of the molecule is CCNCc1cnc(C2(c3ccccc3)CC2)s1. The van der Waals surface area contributed by atoms with E-state index in [1.165, 1.54) is 28.3 Å². The van der Waals surface area contributed by atoms with Gasteiger partial charge in [-0.2, -0.15) is 0 Å². The molecule has 0 spiro atoms. The second kappa shape index (κ2) is 4.82. The summed E-state index contributed by atoms with van der Waals surface area (Å²) in [5.74, 6) is 0. The van der Waals surface area contributed by atoms with Crippen LogP contribution in [0.2, 0.25) is 0 Å². The molecule has 1 aromatic heterocycles. The van der Waals surface area contributed by atoms with Gasteiger partial charge in [-0.1, -0.05) is 37.3 Å². The minimum absolute atomic E-state index is 0.233. The van der Waals surface area contributed by atoms with E-state index < -0.39 is 0 Å². The predicted molar refractivity (Wildman–Crippen MR) is 76.0 cm³/mol. The molecule has 1 fully saturated rings. The molecule has 1 saturated carbocycles. The lowest BCUT2D eigenvalue weighted by Gasteiger charge is -2.11. The predicted octanol–water partition coefficient (Wildman–Crippen LogP) is 3.33. The van der Waals surface area contributed by atoms with Gasteiger partial charge in [-0.25, -0.2) is 4.98 Å². The van der Waals surface area contributed by atoms with Gasteiger partial charge in [0, 0.05) is 23.0 Å². The standard InChI is InChI=1S/C15H18N2S/c1-2-16-10-13-11-17-14(18-13)15(8-9-15)12-6-4-3-5-7-12/h3-7,11,16H,2,8-10H2,1H3. The van der Waals surface area contributed by atoms with E-state index in [9.17, 15) is 0 Å². The number of rotatable bonds is 5. The molecule has 0 amide bonds. The van der Waals surface area contributed by atoms with Crippen molar-refractivity contribution in [3.05, 3.63) is 52.0 Å². The van der Waals surface area contributed by atoms with Crippen molar-refractivity contribution >= 4 is 11.3 Å². The third-order valence-corrected chi connectivity index (χ3v) is 4.79. The van der Waals surface area contributed by atoms with E-state index in [0.29, 0.717) is 0 Å². The summed E-state index contributed by atoms with van der Waals surface area (Å²) in [6.07, 6.45) is 4.52. The summed E-state index contributed by atoms with van der Waals surface area (Å²) in [6.45, 7) is 4.09. The lowest BCUT2D eigenvalue weighted by molar-refractivity contribution is 0.734. The molecule has 1 N–H and O–H groups in total. The van der Waals surface area contributed by atoms with Crippen LogP contribution in [0.25, 0.3) is 0 Å². The van der Waals surface area contributed by atoms with Crippen molar-refractivity contribution in [2.45, 2.75) is 31.7 Å². The van der Waals surface area contributed by atoms with Crippen molar-refractivity contribution < 1.29 is 0 Å². The van der Waals surface area contributed by atoms with E-state index in [4.69, 9.17) is 0 Å². The minimum Gasteiger partial charge on any atom is -0.312 e. The van der Waals surface area contributed by atoms with Crippen LogP contribution in [0.3, 0.4) is 0 Å². The molecular formula is C15H18N2S. The van der Waals surface area contributed by atoms with Gasteiger partial charge in [0.25, 0.3) is 0 Å². The van der Waals surface area contributed by atoms with Crippen LogP contribution in [0.4, 0.5) is 0 Å². The van der Waals surface area contributed by atoms with E-state index in [0.717, 1.165) is 13.1 Å². The fraction of sp³-hybridized carbons (Fsp3) is 0.400. The zero-order chi connectivity index (χ0) is 12.4. The van der Waals surface area contributed by atoms with E-state index >= 15 is 0 Å². The Kier molecular flexibility index (Phi) is 3.18. The van der Waals surface area contributed by atoms with Crippen LogP contribution in [0.15, 0.2) is 36.5 Å². The quantitative estimate of drug-likeness (QED) is 0.890. The van der Waals surface area contributed by atoms with Gasteiger partial charge < -0.3 is 5.32 Å². The Bertz CT molecular complexity index is 514. The Morgan fingerprint density at radius 1 is 1.28 bits per heavy atom. The smallest absolute Gasteiger partial charge is 0.103 e. The number of aromatic nitrogens is 1. The van der Waals surface area contributed by atoms with Crippen LogP contribution >= 0.6 is 11.3 Å². The van der Waals surface area contributed by atoms with Gasteiger partial charge >= 0.3 is 0 Å². The highest BCUT2D eigenvalue weighted by Gasteiger charge is 2.48. The second-order valence-electron chi connectivity index (χ2n) is 4.86. The van der Waals surface area contributed by atoms with Gasteiger partial charge in [-0.05, 0) is 24.9 Å². The first-order valence-electron chi connectivity index (χ1n) is 6.56. The topological polar surface area (TPSA) is 24.9 Å². The summed E-state index contributed by atoms with van der Waals surface area (Å²) >= 11 is 1.86. The van der Waals surface area contributed by atoms with Crippen LogP contribution in [0.1, 0.15) is 35.2 Å². The molecule has 1 aliphatic rings. The van der Waals surface area contributed by atoms with Crippen LogP contribution < -0.4 is 5.32 Å². The second-order valence-corrected chi connectivity index (χ2v) is 5.98. The van der Waals surface area contributed by atoms with Crippen LogP contribution in [-0.4, -0.2) is 11.5 Å². The molecule has 18 heavy (non-hydrogen) atoms. The number of nitrogens with one attached hydrogen (secondary N) is 1. The lowest BCUT2D eigenvalue weighted by Crippen LogP contribution is -2.10. The van der Waals surface area contributed by atoms with Crippen molar-refractivity contribution in [1.29, 1.82) is 0 Å². The highest BCUT2D eigenvalue weighted by Crippen LogP contribution is 2.54. The Morgan fingerprint density at radius 2 is 2.06 bits per heavy atom. The van der Waals surface area contributed by atoms with Gasteiger partial charge in [0.05, 0.1) is 0 Å². The summed E-state index contributed by atoms with van der Waals surface area (Å²) in [5.41, 5.74) is 1.66. The maximum Gasteiger partial charge on any atom is 0.103 e. The van der Waals surface area contributed by atoms with Gasteiger partial charge in [0.1, 0.15) is 5.01 Å². The molecule has 1 aromatic carbocycles. The van der Waals surface area contributed by atoms with Crippen LogP contribution in [0, 0.1) is 0 Å². The number of thiazole rings is 1. The normalized spacial score (nSPS) is 16.7. The molecule has 0 atom stereocenters. The molecule has 0 radical (unpaired) electrons. The van der Waals surface area contributed by atoms with E-state index in [1.807, 2.05) is 17.5 Å². The third kappa shape index (κ3) is 2.08. The number of benzene rings is 1. The first-order valence-corrected chi connectivity index (χ1v) is 7.38. The molecule has 94 valence electrons. The summed E-state index contributed by atoms with van der Waals surface area (Å²) in [7, 11) is 0. The van der Waals surface area contributed by atoms with E-state index in [1.54, 1.807) is 0 Å². The Balaban J connectivity index is 1.84. The fourth-order valence-electron chi connectivity index (χ4n) is 2.37. The van der Waals surface area contributed by atoms with Gasteiger partial charge in [0.2, 0.25) is 0 Å². The summed E-state index contributed by atoms with van der Waals surface area (Å²) < 4.78 is 0. The molecule has 0 aliphatic heterocycles. The zero-order valence-corrected chi connectivity index (χ0v) is 11.5. The monoisotopic (exact) mass is 258 g/mol. The Hall–Kier alpha value is -1.19. The number of hydrogen-bond acceptors (Lipinski definition) is 3. The molecule has 1 heterocycles. The Labute approximate surface area is 112 Å². The number of nitrogens with zero attached hydrogens (tertiary/aromatic N) is 1. The maximum atomic E-state index is 4.66. The first-order chi connectivity index (χ1) is 8.85. The van der Waals surface area contributed by atoms with Gasteiger partial charge in [0.15, 0.2) is 0 Å². The molecule has 0 unspecified atom stereocenters. The van der Waals surface area contributed by atoms with Crippen molar-refractivity contribution in [1.82, 2.24) is 10.3 Å². The molecule has 2 nitrogen and oxygen atoms in total. The lowest BCUT2D eigenvalue weighted by atomic mass is 9.97. The number of hydrogen-bond donors (Lipinski definition) is 1.